The summed E-state index contributed by atoms with van der Waals surface area (Å²) < 4.78 is 16.6. The molecule has 1 amide bonds. The number of rotatable bonds is 44. The van der Waals surface area contributed by atoms with E-state index in [0.29, 0.717) is 25.9 Å². The summed E-state index contributed by atoms with van der Waals surface area (Å²) in [5.74, 6) is -0.241. The number of amides is 1. The van der Waals surface area contributed by atoms with Gasteiger partial charge in [-0.15, -0.1) is 0 Å². The first-order valence-electron chi connectivity index (χ1n) is 26.4. The third-order valence-corrected chi connectivity index (χ3v) is 12.2. The fourth-order valence-electron chi connectivity index (χ4n) is 7.94. The van der Waals surface area contributed by atoms with Crippen LogP contribution in [0.15, 0.2) is 48.6 Å². The van der Waals surface area contributed by atoms with Crippen LogP contribution < -0.4 is 5.32 Å². The molecule has 0 aromatic heterocycles. The molecule has 1 rings (SSSR count). The number of carbonyl (C=O) groups excluding carboxylic acids is 2. The lowest BCUT2D eigenvalue weighted by Gasteiger charge is -2.40. The minimum atomic E-state index is -1.59. The lowest BCUT2D eigenvalue weighted by atomic mass is 9.99. The van der Waals surface area contributed by atoms with E-state index >= 15 is 0 Å². The number of hydrogen-bond acceptors (Lipinski definition) is 10. The maximum Gasteiger partial charge on any atom is 0.305 e. The highest BCUT2D eigenvalue weighted by atomic mass is 16.7. The molecular weight excluding hydrogens is 823 g/mol. The van der Waals surface area contributed by atoms with Crippen molar-refractivity contribution < 1.29 is 49.3 Å². The zero-order valence-corrected chi connectivity index (χ0v) is 41.2. The van der Waals surface area contributed by atoms with Gasteiger partial charge in [0.15, 0.2) is 6.29 Å². The fourth-order valence-corrected chi connectivity index (χ4v) is 7.94. The minimum Gasteiger partial charge on any atom is -0.466 e. The molecule has 0 radical (unpaired) electrons. The van der Waals surface area contributed by atoms with Gasteiger partial charge in [0.1, 0.15) is 24.4 Å². The molecule has 378 valence electrons. The molecule has 65 heavy (non-hydrogen) atoms. The summed E-state index contributed by atoms with van der Waals surface area (Å²) in [7, 11) is 0. The molecule has 0 aromatic rings. The Kier molecular flexibility index (Phi) is 41.2. The molecular formula is C54H97NO10. The minimum absolute atomic E-state index is 0.0236. The van der Waals surface area contributed by atoms with Crippen molar-refractivity contribution >= 4 is 11.9 Å². The van der Waals surface area contributed by atoms with Gasteiger partial charge in [-0.25, -0.2) is 0 Å². The van der Waals surface area contributed by atoms with Gasteiger partial charge in [-0.3, -0.25) is 9.59 Å². The number of allylic oxidation sites excluding steroid dienone is 7. The normalized spacial score (nSPS) is 20.1. The van der Waals surface area contributed by atoms with Crippen LogP contribution in [0.1, 0.15) is 219 Å². The van der Waals surface area contributed by atoms with E-state index in [4.69, 9.17) is 14.2 Å². The highest BCUT2D eigenvalue weighted by Crippen LogP contribution is 2.23. The Morgan fingerprint density at radius 1 is 0.569 bits per heavy atom. The van der Waals surface area contributed by atoms with Crippen LogP contribution in [0.2, 0.25) is 0 Å². The number of hydrogen-bond donors (Lipinski definition) is 6. The number of carbonyl (C=O) groups is 2. The van der Waals surface area contributed by atoms with E-state index in [1.807, 2.05) is 6.08 Å². The molecule has 11 heteroatoms. The third-order valence-electron chi connectivity index (χ3n) is 12.2. The summed E-state index contributed by atoms with van der Waals surface area (Å²) in [6.07, 6.45) is 43.5. The molecule has 7 unspecified atom stereocenters. The van der Waals surface area contributed by atoms with E-state index in [0.717, 1.165) is 96.3 Å². The van der Waals surface area contributed by atoms with Crippen molar-refractivity contribution in [3.05, 3.63) is 48.6 Å². The Bertz CT molecular complexity index is 1220. The number of aliphatic hydroxyl groups is 5. The fraction of sp³-hybridized carbons (Fsp3) is 0.815. The molecule has 0 spiro atoms. The van der Waals surface area contributed by atoms with Crippen molar-refractivity contribution in [3.63, 3.8) is 0 Å². The molecule has 1 aliphatic rings. The first-order chi connectivity index (χ1) is 31.7. The van der Waals surface area contributed by atoms with Crippen LogP contribution >= 0.6 is 0 Å². The second-order valence-corrected chi connectivity index (χ2v) is 18.2. The van der Waals surface area contributed by atoms with E-state index in [1.54, 1.807) is 6.08 Å². The Morgan fingerprint density at radius 3 is 1.60 bits per heavy atom. The van der Waals surface area contributed by atoms with Crippen LogP contribution in [-0.2, 0) is 23.8 Å². The summed E-state index contributed by atoms with van der Waals surface area (Å²) in [6, 6.07) is -0.846. The average Bonchev–Trinajstić information content (AvgIpc) is 3.30. The molecule has 7 atom stereocenters. The molecule has 1 heterocycles. The first kappa shape index (κ1) is 60.6. The van der Waals surface area contributed by atoms with Gasteiger partial charge in [-0.1, -0.05) is 178 Å². The highest BCUT2D eigenvalue weighted by molar-refractivity contribution is 5.76. The van der Waals surface area contributed by atoms with Crippen molar-refractivity contribution in [2.45, 2.75) is 262 Å². The van der Waals surface area contributed by atoms with Gasteiger partial charge < -0.3 is 45.1 Å². The van der Waals surface area contributed by atoms with Crippen molar-refractivity contribution in [1.82, 2.24) is 5.32 Å². The maximum absolute atomic E-state index is 13.0. The highest BCUT2D eigenvalue weighted by Gasteiger charge is 2.44. The smallest absolute Gasteiger partial charge is 0.305 e. The monoisotopic (exact) mass is 920 g/mol. The molecule has 0 saturated carbocycles. The first-order valence-corrected chi connectivity index (χ1v) is 26.4. The number of ether oxygens (including phenoxy) is 3. The van der Waals surface area contributed by atoms with Crippen molar-refractivity contribution in [2.75, 3.05) is 19.8 Å². The molecule has 6 N–H and O–H groups in total. The van der Waals surface area contributed by atoms with Gasteiger partial charge in [-0.05, 0) is 77.0 Å². The Morgan fingerprint density at radius 2 is 1.05 bits per heavy atom. The summed E-state index contributed by atoms with van der Waals surface area (Å²) >= 11 is 0. The standard InChI is InChI=1S/C54H97NO10/c1-3-5-7-9-11-13-21-26-30-34-38-42-50(59)63-43-39-35-31-27-23-20-18-16-15-17-19-22-25-29-33-37-41-49(58)55-46(45-64-54-53(62)52(61)51(60)48(44-56)65-54)47(57)40-36-32-28-24-14-12-10-8-6-4-2/h6,8,14-15,17,24,36,40,46-48,51-54,56-57,60-62H,3-5,7,9-13,16,18-23,25-35,37-39,41-45H2,1-2H3,(H,55,58)/b8-6+,17-15-,24-14+,40-36+. The average molecular weight is 920 g/mol. The van der Waals surface area contributed by atoms with Crippen LogP contribution in [-0.4, -0.2) is 100 Å². The van der Waals surface area contributed by atoms with Crippen LogP contribution in [0.3, 0.4) is 0 Å². The largest absolute Gasteiger partial charge is 0.466 e. The second-order valence-electron chi connectivity index (χ2n) is 18.2. The Hall–Kier alpha value is -2.38. The van der Waals surface area contributed by atoms with E-state index < -0.39 is 49.5 Å². The summed E-state index contributed by atoms with van der Waals surface area (Å²) in [5, 5.41) is 54.1. The predicted molar refractivity (Wildman–Crippen MR) is 264 cm³/mol. The van der Waals surface area contributed by atoms with Gasteiger partial charge >= 0.3 is 5.97 Å². The zero-order chi connectivity index (χ0) is 47.4. The van der Waals surface area contributed by atoms with Gasteiger partial charge in [0, 0.05) is 12.8 Å². The van der Waals surface area contributed by atoms with E-state index in [-0.39, 0.29) is 18.5 Å². The predicted octanol–water partition coefficient (Wildman–Crippen LogP) is 10.9. The molecule has 1 fully saturated rings. The maximum atomic E-state index is 13.0. The third kappa shape index (κ3) is 34.6. The Labute approximate surface area is 396 Å². The van der Waals surface area contributed by atoms with E-state index in [9.17, 15) is 35.1 Å². The van der Waals surface area contributed by atoms with Gasteiger partial charge in [0.2, 0.25) is 5.91 Å². The molecule has 1 saturated heterocycles. The van der Waals surface area contributed by atoms with Crippen molar-refractivity contribution in [1.29, 1.82) is 0 Å². The second kappa shape index (κ2) is 44.1. The number of aliphatic hydroxyl groups excluding tert-OH is 5. The molecule has 0 aromatic carbocycles. The molecule has 1 aliphatic heterocycles. The van der Waals surface area contributed by atoms with Crippen molar-refractivity contribution in [3.8, 4) is 0 Å². The SMILES string of the molecule is CC/C=C/CC/C=C/CC/C=C/C(O)C(COC1OC(CO)C(O)C(O)C1O)NC(=O)CCCCCCC/C=C\CCCCCCCCCOC(=O)CCCCCCCCCCCCC. The van der Waals surface area contributed by atoms with Crippen LogP contribution in [0.4, 0.5) is 0 Å². The zero-order valence-electron chi connectivity index (χ0n) is 41.2. The van der Waals surface area contributed by atoms with E-state index in [1.165, 1.54) is 89.9 Å². The molecule has 0 aliphatic carbocycles. The Balaban J connectivity index is 2.15. The van der Waals surface area contributed by atoms with E-state index in [2.05, 4.69) is 55.6 Å². The summed E-state index contributed by atoms with van der Waals surface area (Å²) in [4.78, 5) is 25.0. The topological polar surface area (TPSA) is 175 Å². The van der Waals surface area contributed by atoms with Crippen LogP contribution in [0.25, 0.3) is 0 Å². The molecule has 11 nitrogen and oxygen atoms in total. The number of esters is 1. The number of unbranched alkanes of at least 4 members (excludes halogenated alkanes) is 24. The van der Waals surface area contributed by atoms with Gasteiger partial charge in [0.25, 0.3) is 0 Å². The summed E-state index contributed by atoms with van der Waals surface area (Å²) in [6.45, 7) is 4.14. The summed E-state index contributed by atoms with van der Waals surface area (Å²) in [5.41, 5.74) is 0. The number of nitrogens with one attached hydrogen (secondary N) is 1. The lowest BCUT2D eigenvalue weighted by molar-refractivity contribution is -0.302. The molecule has 0 bridgehead atoms. The van der Waals surface area contributed by atoms with Crippen LogP contribution in [0.5, 0.6) is 0 Å². The van der Waals surface area contributed by atoms with Crippen LogP contribution in [0, 0.1) is 0 Å². The van der Waals surface area contributed by atoms with Gasteiger partial charge in [-0.2, -0.15) is 0 Å². The quantitative estimate of drug-likeness (QED) is 0.0196. The van der Waals surface area contributed by atoms with Gasteiger partial charge in [0.05, 0.1) is 32.0 Å². The van der Waals surface area contributed by atoms with Crippen molar-refractivity contribution in [2.24, 2.45) is 0 Å². The lowest BCUT2D eigenvalue weighted by Crippen LogP contribution is -2.60.